The van der Waals surface area contributed by atoms with Crippen LogP contribution in [0.3, 0.4) is 0 Å². The number of nitrogens with one attached hydrogen (secondary N) is 2. The third-order valence-electron chi connectivity index (χ3n) is 5.30. The number of urea groups is 1. The molecule has 2 atom stereocenters. The van der Waals surface area contributed by atoms with E-state index in [1.165, 1.54) is 12.1 Å². The highest BCUT2D eigenvalue weighted by Crippen LogP contribution is 2.24. The normalized spacial score (nSPS) is 17.7. The molecule has 3 rings (SSSR count). The number of benzene rings is 2. The maximum atomic E-state index is 13.2. The zero-order valence-electron chi connectivity index (χ0n) is 16.9. The van der Waals surface area contributed by atoms with Gasteiger partial charge < -0.3 is 15.5 Å². The summed E-state index contributed by atoms with van der Waals surface area (Å²) in [6.45, 7) is 5.07. The van der Waals surface area contributed by atoms with Gasteiger partial charge in [0.15, 0.2) is 0 Å². The monoisotopic (exact) mass is 397 g/mol. The van der Waals surface area contributed by atoms with Crippen molar-refractivity contribution in [1.29, 1.82) is 0 Å². The maximum Gasteiger partial charge on any atom is 0.321 e. The number of piperidine rings is 1. The van der Waals surface area contributed by atoms with E-state index in [2.05, 4.69) is 10.6 Å². The number of para-hydroxylation sites is 1. The topological polar surface area (TPSA) is 61.4 Å². The highest BCUT2D eigenvalue weighted by molar-refractivity contribution is 5.90. The zero-order chi connectivity index (χ0) is 20.8. The molecule has 6 heteroatoms. The van der Waals surface area contributed by atoms with E-state index in [1.54, 1.807) is 17.0 Å². The molecule has 2 aromatic rings. The van der Waals surface area contributed by atoms with E-state index in [1.807, 2.05) is 44.2 Å². The van der Waals surface area contributed by atoms with Crippen molar-refractivity contribution < 1.29 is 14.0 Å². The molecule has 2 N–H and O–H groups in total. The number of rotatable bonds is 5. The summed E-state index contributed by atoms with van der Waals surface area (Å²) in [7, 11) is 0. The molecule has 0 radical (unpaired) electrons. The lowest BCUT2D eigenvalue weighted by Crippen LogP contribution is -2.47. The van der Waals surface area contributed by atoms with Crippen molar-refractivity contribution in [2.24, 2.45) is 11.8 Å². The van der Waals surface area contributed by atoms with Gasteiger partial charge in [-0.1, -0.05) is 44.2 Å². The second-order valence-electron chi connectivity index (χ2n) is 7.86. The molecule has 1 aliphatic heterocycles. The van der Waals surface area contributed by atoms with Crippen molar-refractivity contribution in [3.8, 4) is 0 Å². The van der Waals surface area contributed by atoms with Crippen LogP contribution < -0.4 is 10.6 Å². The maximum absolute atomic E-state index is 13.2. The zero-order valence-corrected chi connectivity index (χ0v) is 16.9. The summed E-state index contributed by atoms with van der Waals surface area (Å²) >= 11 is 0. The van der Waals surface area contributed by atoms with Gasteiger partial charge in [0.25, 0.3) is 0 Å². The molecule has 29 heavy (non-hydrogen) atoms. The fourth-order valence-electron chi connectivity index (χ4n) is 3.68. The Kier molecular flexibility index (Phi) is 6.86. The van der Waals surface area contributed by atoms with Crippen LogP contribution >= 0.6 is 0 Å². The average molecular weight is 397 g/mol. The van der Waals surface area contributed by atoms with Crippen LogP contribution in [0.2, 0.25) is 0 Å². The number of halogens is 1. The molecule has 0 aliphatic carbocycles. The Bertz CT molecular complexity index is 824. The Labute approximate surface area is 171 Å². The molecule has 0 bridgehead atoms. The van der Waals surface area contributed by atoms with Crippen LogP contribution in [0.1, 0.15) is 38.3 Å². The Balaban J connectivity index is 1.62. The minimum atomic E-state index is -0.296. The second-order valence-corrected chi connectivity index (χ2v) is 7.86. The summed E-state index contributed by atoms with van der Waals surface area (Å²) in [5.74, 6) is -0.461. The lowest BCUT2D eigenvalue weighted by atomic mass is 9.93. The molecule has 0 unspecified atom stereocenters. The Hall–Kier alpha value is -2.89. The predicted molar refractivity (Wildman–Crippen MR) is 112 cm³/mol. The molecule has 1 heterocycles. The molecule has 1 aliphatic rings. The van der Waals surface area contributed by atoms with Crippen LogP contribution in [0.4, 0.5) is 14.9 Å². The number of hydrogen-bond donors (Lipinski definition) is 2. The number of carbonyl (C=O) groups excluding carboxylic acids is 2. The number of nitrogens with zero attached hydrogens (tertiary/aromatic N) is 1. The highest BCUT2D eigenvalue weighted by atomic mass is 19.1. The van der Waals surface area contributed by atoms with Crippen LogP contribution in [-0.4, -0.2) is 29.9 Å². The van der Waals surface area contributed by atoms with Crippen molar-refractivity contribution in [2.75, 3.05) is 18.4 Å². The summed E-state index contributed by atoms with van der Waals surface area (Å²) in [6, 6.07) is 15.1. The molecule has 1 fully saturated rings. The summed E-state index contributed by atoms with van der Waals surface area (Å²) in [5.41, 5.74) is 1.62. The highest BCUT2D eigenvalue weighted by Gasteiger charge is 2.30. The van der Waals surface area contributed by atoms with Gasteiger partial charge >= 0.3 is 6.03 Å². The number of amides is 3. The van der Waals surface area contributed by atoms with Gasteiger partial charge in [-0.05, 0) is 48.6 Å². The molecule has 0 saturated carbocycles. The molecule has 2 aromatic carbocycles. The Morgan fingerprint density at radius 1 is 1.07 bits per heavy atom. The van der Waals surface area contributed by atoms with Gasteiger partial charge in [-0.2, -0.15) is 0 Å². The molecule has 154 valence electrons. The third-order valence-corrected chi connectivity index (χ3v) is 5.30. The first kappa shape index (κ1) is 20.8. The summed E-state index contributed by atoms with van der Waals surface area (Å²) in [6.07, 6.45) is 1.53. The Morgan fingerprint density at radius 2 is 1.76 bits per heavy atom. The van der Waals surface area contributed by atoms with Gasteiger partial charge in [-0.25, -0.2) is 9.18 Å². The molecular formula is C23H28FN3O2. The molecule has 1 saturated heterocycles. The first-order valence-corrected chi connectivity index (χ1v) is 10.1. The Morgan fingerprint density at radius 3 is 2.41 bits per heavy atom. The van der Waals surface area contributed by atoms with Crippen LogP contribution in [0, 0.1) is 17.7 Å². The van der Waals surface area contributed by atoms with Gasteiger partial charge in [0.05, 0.1) is 12.0 Å². The van der Waals surface area contributed by atoms with E-state index in [0.717, 1.165) is 24.1 Å². The number of hydrogen-bond acceptors (Lipinski definition) is 2. The third kappa shape index (κ3) is 5.56. The van der Waals surface area contributed by atoms with E-state index in [9.17, 15) is 14.0 Å². The SMILES string of the molecule is CC(C)[C@H](NC(=O)[C@@H]1CCCN(C(=O)Nc2ccccc2)C1)c1ccc(F)cc1. The summed E-state index contributed by atoms with van der Waals surface area (Å²) in [4.78, 5) is 27.2. The number of likely N-dealkylation sites (tertiary alicyclic amines) is 1. The minimum absolute atomic E-state index is 0.0646. The second kappa shape index (κ2) is 9.54. The first-order chi connectivity index (χ1) is 13.9. The fourth-order valence-corrected chi connectivity index (χ4v) is 3.68. The van der Waals surface area contributed by atoms with Crippen molar-refractivity contribution in [1.82, 2.24) is 10.2 Å². The van der Waals surface area contributed by atoms with Gasteiger partial charge in [-0.3, -0.25) is 4.79 Å². The smallest absolute Gasteiger partial charge is 0.321 e. The van der Waals surface area contributed by atoms with E-state index in [4.69, 9.17) is 0 Å². The lowest BCUT2D eigenvalue weighted by Gasteiger charge is -2.33. The van der Waals surface area contributed by atoms with Crippen molar-refractivity contribution >= 4 is 17.6 Å². The van der Waals surface area contributed by atoms with Crippen LogP contribution in [0.15, 0.2) is 54.6 Å². The van der Waals surface area contributed by atoms with E-state index in [0.29, 0.717) is 13.1 Å². The minimum Gasteiger partial charge on any atom is -0.349 e. The average Bonchev–Trinajstić information content (AvgIpc) is 2.73. The molecule has 5 nitrogen and oxygen atoms in total. The lowest BCUT2D eigenvalue weighted by molar-refractivity contribution is -0.127. The van der Waals surface area contributed by atoms with E-state index >= 15 is 0 Å². The summed E-state index contributed by atoms with van der Waals surface area (Å²) in [5, 5.41) is 5.99. The quantitative estimate of drug-likeness (QED) is 0.776. The standard InChI is InChI=1S/C23H28FN3O2/c1-16(2)21(17-10-12-19(24)13-11-17)26-22(28)18-7-6-14-27(15-18)23(29)25-20-8-4-3-5-9-20/h3-5,8-13,16,18,21H,6-7,14-15H2,1-2H3,(H,25,29)(H,26,28)/t18-,21+/m1/s1. The molecule has 0 aromatic heterocycles. The van der Waals surface area contributed by atoms with Crippen LogP contribution in [0.5, 0.6) is 0 Å². The van der Waals surface area contributed by atoms with Crippen LogP contribution in [0.25, 0.3) is 0 Å². The molecular weight excluding hydrogens is 369 g/mol. The van der Waals surface area contributed by atoms with Crippen LogP contribution in [-0.2, 0) is 4.79 Å². The van der Waals surface area contributed by atoms with E-state index < -0.39 is 0 Å². The predicted octanol–water partition coefficient (Wildman–Crippen LogP) is 4.58. The molecule has 0 spiro atoms. The molecule has 3 amide bonds. The van der Waals surface area contributed by atoms with Crippen molar-refractivity contribution in [2.45, 2.75) is 32.7 Å². The van der Waals surface area contributed by atoms with E-state index in [-0.39, 0.29) is 35.6 Å². The fraction of sp³-hybridized carbons (Fsp3) is 0.391. The van der Waals surface area contributed by atoms with Gasteiger partial charge in [0, 0.05) is 18.8 Å². The largest absolute Gasteiger partial charge is 0.349 e. The number of anilines is 1. The summed E-state index contributed by atoms with van der Waals surface area (Å²) < 4.78 is 13.2. The van der Waals surface area contributed by atoms with Gasteiger partial charge in [0.2, 0.25) is 5.91 Å². The van der Waals surface area contributed by atoms with Crippen molar-refractivity contribution in [3.05, 3.63) is 66.0 Å². The van der Waals surface area contributed by atoms with Gasteiger partial charge in [0.1, 0.15) is 5.82 Å². The first-order valence-electron chi connectivity index (χ1n) is 10.1. The number of carbonyl (C=O) groups is 2. The van der Waals surface area contributed by atoms with Gasteiger partial charge in [-0.15, -0.1) is 0 Å². The van der Waals surface area contributed by atoms with Crippen molar-refractivity contribution in [3.63, 3.8) is 0 Å².